The molecule has 0 aliphatic heterocycles. The zero-order valence-electron chi connectivity index (χ0n) is 17.9. The Kier molecular flexibility index (Phi) is 6.49. The third-order valence-electron chi connectivity index (χ3n) is 5.24. The van der Waals surface area contributed by atoms with E-state index in [-0.39, 0.29) is 10.8 Å². The van der Waals surface area contributed by atoms with Crippen molar-refractivity contribution in [2.45, 2.75) is 52.4 Å². The van der Waals surface area contributed by atoms with Crippen LogP contribution >= 0.6 is 0 Å². The highest BCUT2D eigenvalue weighted by atomic mass is 16.5. The van der Waals surface area contributed by atoms with E-state index in [4.69, 9.17) is 4.74 Å². The van der Waals surface area contributed by atoms with Gasteiger partial charge >= 0.3 is 0 Å². The highest BCUT2D eigenvalue weighted by Crippen LogP contribution is 2.28. The minimum atomic E-state index is -0.0342. The number of hydrogen-bond acceptors (Lipinski definition) is 1. The largest absolute Gasteiger partial charge is 0.380 e. The molecule has 0 N–H and O–H groups in total. The Hall–Kier alpha value is -2.12. The third-order valence-corrected chi connectivity index (χ3v) is 5.24. The van der Waals surface area contributed by atoms with E-state index in [1.54, 1.807) is 0 Å². The van der Waals surface area contributed by atoms with Crippen LogP contribution in [0.4, 0.5) is 0 Å². The van der Waals surface area contributed by atoms with E-state index in [0.29, 0.717) is 13.2 Å². The van der Waals surface area contributed by atoms with Crippen molar-refractivity contribution in [2.75, 3.05) is 13.2 Å². The Bertz CT molecular complexity index is 720. The molecule has 1 heteroatoms. The monoisotopic (exact) mass is 362 g/mol. The maximum atomic E-state index is 6.19. The quantitative estimate of drug-likeness (QED) is 0.490. The first-order chi connectivity index (χ1) is 12.5. The van der Waals surface area contributed by atoms with Crippen LogP contribution in [-0.2, 0) is 15.6 Å². The molecule has 0 heterocycles. The highest BCUT2D eigenvalue weighted by Gasteiger charge is 2.25. The first-order valence-corrected chi connectivity index (χ1v) is 9.63. The Morgan fingerprint density at radius 3 is 1.22 bits per heavy atom. The standard InChI is InChI=1S/C26H34O/c1-19(2)21-9-13-23(14-10-21)25(5,6)17-27-18-26(7,8)24-15-11-22(12-16-24)20(3)4/h9-16H,1,3,17-18H2,2,4-8H3. The molecule has 0 bridgehead atoms. The summed E-state index contributed by atoms with van der Waals surface area (Å²) in [5.74, 6) is 0. The molecule has 0 saturated heterocycles. The second-order valence-electron chi connectivity index (χ2n) is 8.98. The molecule has 0 saturated carbocycles. The van der Waals surface area contributed by atoms with Crippen molar-refractivity contribution >= 4 is 11.1 Å². The average molecular weight is 363 g/mol. The van der Waals surface area contributed by atoms with Gasteiger partial charge in [0, 0.05) is 10.8 Å². The van der Waals surface area contributed by atoms with Crippen LogP contribution in [0.1, 0.15) is 63.8 Å². The molecule has 144 valence electrons. The van der Waals surface area contributed by atoms with Crippen LogP contribution in [0.5, 0.6) is 0 Å². The molecule has 2 rings (SSSR count). The minimum absolute atomic E-state index is 0.0342. The molecule has 0 fully saturated rings. The zero-order valence-corrected chi connectivity index (χ0v) is 17.9. The molecule has 0 aliphatic carbocycles. The maximum Gasteiger partial charge on any atom is 0.0558 e. The lowest BCUT2D eigenvalue weighted by molar-refractivity contribution is 0.0634. The number of ether oxygens (including phenoxy) is 1. The van der Waals surface area contributed by atoms with E-state index in [9.17, 15) is 0 Å². The number of rotatable bonds is 8. The van der Waals surface area contributed by atoms with Crippen molar-refractivity contribution in [3.8, 4) is 0 Å². The Morgan fingerprint density at radius 2 is 0.963 bits per heavy atom. The summed E-state index contributed by atoms with van der Waals surface area (Å²) in [4.78, 5) is 0. The van der Waals surface area contributed by atoms with Gasteiger partial charge in [0.25, 0.3) is 0 Å². The third kappa shape index (κ3) is 5.43. The smallest absolute Gasteiger partial charge is 0.0558 e. The lowest BCUT2D eigenvalue weighted by Crippen LogP contribution is -2.30. The number of hydrogen-bond donors (Lipinski definition) is 0. The van der Waals surface area contributed by atoms with Gasteiger partial charge in [0.1, 0.15) is 0 Å². The molecule has 2 aromatic carbocycles. The fraction of sp³-hybridized carbons (Fsp3) is 0.385. The Balaban J connectivity index is 2.00. The summed E-state index contributed by atoms with van der Waals surface area (Å²) in [5, 5.41) is 0. The summed E-state index contributed by atoms with van der Waals surface area (Å²) in [6, 6.07) is 17.3. The van der Waals surface area contributed by atoms with Crippen molar-refractivity contribution in [1.29, 1.82) is 0 Å². The summed E-state index contributed by atoms with van der Waals surface area (Å²) >= 11 is 0. The minimum Gasteiger partial charge on any atom is -0.380 e. The molecule has 27 heavy (non-hydrogen) atoms. The summed E-state index contributed by atoms with van der Waals surface area (Å²) in [5.41, 5.74) is 7.07. The van der Waals surface area contributed by atoms with Crippen molar-refractivity contribution in [1.82, 2.24) is 0 Å². The predicted octanol–water partition coefficient (Wildman–Crippen LogP) is 7.02. The fourth-order valence-corrected chi connectivity index (χ4v) is 3.14. The van der Waals surface area contributed by atoms with Gasteiger partial charge in [-0.3, -0.25) is 0 Å². The van der Waals surface area contributed by atoms with E-state index >= 15 is 0 Å². The van der Waals surface area contributed by atoms with Gasteiger partial charge in [-0.1, -0.05) is 101 Å². The molecular formula is C26H34O. The summed E-state index contributed by atoms with van der Waals surface area (Å²) in [6.07, 6.45) is 0. The summed E-state index contributed by atoms with van der Waals surface area (Å²) < 4.78 is 6.19. The zero-order chi connectivity index (χ0) is 20.2. The second-order valence-corrected chi connectivity index (χ2v) is 8.98. The topological polar surface area (TPSA) is 9.23 Å². The average Bonchev–Trinajstić information content (AvgIpc) is 2.61. The lowest BCUT2D eigenvalue weighted by Gasteiger charge is -2.30. The number of benzene rings is 2. The van der Waals surface area contributed by atoms with Crippen LogP contribution in [0.25, 0.3) is 11.1 Å². The molecule has 0 aliphatic rings. The Morgan fingerprint density at radius 1 is 0.667 bits per heavy atom. The molecule has 0 aromatic heterocycles. The highest BCUT2D eigenvalue weighted by molar-refractivity contribution is 5.62. The van der Waals surface area contributed by atoms with E-state index < -0.39 is 0 Å². The van der Waals surface area contributed by atoms with Crippen molar-refractivity contribution in [3.05, 3.63) is 83.9 Å². The van der Waals surface area contributed by atoms with Gasteiger partial charge in [-0.15, -0.1) is 0 Å². The van der Waals surface area contributed by atoms with Crippen LogP contribution in [0, 0.1) is 0 Å². The molecular weight excluding hydrogens is 328 g/mol. The Labute approximate surface area is 165 Å². The molecule has 0 atom stereocenters. The first-order valence-electron chi connectivity index (χ1n) is 9.63. The van der Waals surface area contributed by atoms with Crippen LogP contribution in [-0.4, -0.2) is 13.2 Å². The summed E-state index contributed by atoms with van der Waals surface area (Å²) in [7, 11) is 0. The van der Waals surface area contributed by atoms with Gasteiger partial charge in [0.15, 0.2) is 0 Å². The van der Waals surface area contributed by atoms with Gasteiger partial charge in [-0.05, 0) is 36.1 Å². The van der Waals surface area contributed by atoms with Crippen LogP contribution in [0.3, 0.4) is 0 Å². The van der Waals surface area contributed by atoms with Crippen molar-refractivity contribution in [2.24, 2.45) is 0 Å². The van der Waals surface area contributed by atoms with E-state index in [1.165, 1.54) is 22.3 Å². The van der Waals surface area contributed by atoms with Crippen molar-refractivity contribution in [3.63, 3.8) is 0 Å². The van der Waals surface area contributed by atoms with Gasteiger partial charge < -0.3 is 4.74 Å². The fourth-order valence-electron chi connectivity index (χ4n) is 3.14. The SMILES string of the molecule is C=C(C)c1ccc(C(C)(C)COCC(C)(C)c2ccc(C(=C)C)cc2)cc1. The molecule has 0 radical (unpaired) electrons. The van der Waals surface area contributed by atoms with Crippen molar-refractivity contribution < 1.29 is 4.74 Å². The molecule has 2 aromatic rings. The summed E-state index contributed by atoms with van der Waals surface area (Å²) in [6.45, 7) is 22.4. The van der Waals surface area contributed by atoms with Gasteiger partial charge in [0.05, 0.1) is 13.2 Å². The first kappa shape index (κ1) is 21.2. The lowest BCUT2D eigenvalue weighted by atomic mass is 9.83. The van der Waals surface area contributed by atoms with E-state index in [0.717, 1.165) is 11.1 Å². The molecule has 0 unspecified atom stereocenters. The molecule has 1 nitrogen and oxygen atoms in total. The van der Waals surface area contributed by atoms with Crippen LogP contribution in [0.15, 0.2) is 61.7 Å². The van der Waals surface area contributed by atoms with Crippen LogP contribution < -0.4 is 0 Å². The predicted molar refractivity (Wildman–Crippen MR) is 119 cm³/mol. The second kappa shape index (κ2) is 8.27. The van der Waals surface area contributed by atoms with Gasteiger partial charge in [0.2, 0.25) is 0 Å². The van der Waals surface area contributed by atoms with Gasteiger partial charge in [-0.25, -0.2) is 0 Å². The maximum absolute atomic E-state index is 6.19. The molecule has 0 amide bonds. The number of allylic oxidation sites excluding steroid dienone is 2. The molecule has 0 spiro atoms. The van der Waals surface area contributed by atoms with E-state index in [2.05, 4.69) is 89.4 Å². The normalized spacial score (nSPS) is 12.1. The van der Waals surface area contributed by atoms with E-state index in [1.807, 2.05) is 13.8 Å². The van der Waals surface area contributed by atoms with Crippen LogP contribution in [0.2, 0.25) is 0 Å². The van der Waals surface area contributed by atoms with Gasteiger partial charge in [-0.2, -0.15) is 0 Å².